The Morgan fingerprint density at radius 1 is 1.19 bits per heavy atom. The molecule has 12 heteroatoms. The fourth-order valence-electron chi connectivity index (χ4n) is 2.54. The van der Waals surface area contributed by atoms with E-state index in [0.717, 1.165) is 18.3 Å². The molecule has 0 saturated carbocycles. The molecule has 3 rings (SSSR count). The van der Waals surface area contributed by atoms with Crippen molar-refractivity contribution in [1.82, 2.24) is 24.6 Å². The van der Waals surface area contributed by atoms with Crippen LogP contribution in [0, 0.1) is 17.5 Å². The Morgan fingerprint density at radius 3 is 2.68 bits per heavy atom. The van der Waals surface area contributed by atoms with Crippen LogP contribution in [0.4, 0.5) is 30.6 Å². The van der Waals surface area contributed by atoms with E-state index in [1.54, 1.807) is 20.3 Å². The Balaban J connectivity index is 1.72. The second kappa shape index (κ2) is 9.32. The zero-order valence-electron chi connectivity index (χ0n) is 17.0. The molecule has 0 spiro atoms. The van der Waals surface area contributed by atoms with Crippen molar-refractivity contribution < 1.29 is 22.7 Å². The first-order chi connectivity index (χ1) is 14.8. The maximum absolute atomic E-state index is 14.3. The van der Waals surface area contributed by atoms with E-state index >= 15 is 0 Å². The van der Waals surface area contributed by atoms with Crippen molar-refractivity contribution in [3.8, 4) is 5.75 Å². The summed E-state index contributed by atoms with van der Waals surface area (Å²) in [6, 6.07) is 2.22. The maximum atomic E-state index is 14.3. The van der Waals surface area contributed by atoms with Gasteiger partial charge in [0.2, 0.25) is 11.9 Å². The van der Waals surface area contributed by atoms with Gasteiger partial charge in [-0.1, -0.05) is 0 Å². The highest BCUT2D eigenvalue weighted by molar-refractivity contribution is 5.75. The monoisotopic (exact) mass is 435 g/mol. The first-order valence-corrected chi connectivity index (χ1v) is 9.05. The minimum absolute atomic E-state index is 0.0222. The van der Waals surface area contributed by atoms with Gasteiger partial charge in [0.1, 0.15) is 12.4 Å². The summed E-state index contributed by atoms with van der Waals surface area (Å²) < 4.78 is 48.6. The zero-order chi connectivity index (χ0) is 22.5. The first-order valence-electron chi connectivity index (χ1n) is 9.05. The number of anilines is 3. The molecule has 9 nitrogen and oxygen atoms in total. The van der Waals surface area contributed by atoms with E-state index in [9.17, 15) is 18.0 Å². The second-order valence-corrected chi connectivity index (χ2v) is 6.63. The van der Waals surface area contributed by atoms with Crippen LogP contribution in [-0.2, 0) is 17.9 Å². The van der Waals surface area contributed by atoms with Crippen LogP contribution in [0.25, 0.3) is 0 Å². The summed E-state index contributed by atoms with van der Waals surface area (Å²) in [6.07, 6.45) is 3.92. The highest BCUT2D eigenvalue weighted by atomic mass is 19.1. The third-order valence-corrected chi connectivity index (χ3v) is 4.23. The van der Waals surface area contributed by atoms with Gasteiger partial charge in [0.05, 0.1) is 25.2 Å². The Morgan fingerprint density at radius 2 is 1.97 bits per heavy atom. The molecule has 0 saturated heterocycles. The predicted molar refractivity (Wildman–Crippen MR) is 106 cm³/mol. The van der Waals surface area contributed by atoms with Crippen molar-refractivity contribution in [2.24, 2.45) is 0 Å². The summed E-state index contributed by atoms with van der Waals surface area (Å²) in [5.74, 6) is -3.00. The number of hydrogen-bond acceptors (Lipinski definition) is 7. The van der Waals surface area contributed by atoms with Crippen LogP contribution < -0.4 is 15.4 Å². The summed E-state index contributed by atoms with van der Waals surface area (Å²) >= 11 is 0. The first kappa shape index (κ1) is 21.9. The molecule has 0 aliphatic heterocycles. The number of ether oxygens (including phenoxy) is 1. The van der Waals surface area contributed by atoms with Crippen molar-refractivity contribution in [3.63, 3.8) is 0 Å². The van der Waals surface area contributed by atoms with E-state index < -0.39 is 17.5 Å². The average Bonchev–Trinajstić information content (AvgIpc) is 3.16. The lowest BCUT2D eigenvalue weighted by atomic mass is 10.2. The van der Waals surface area contributed by atoms with Crippen LogP contribution in [0.2, 0.25) is 0 Å². The van der Waals surface area contributed by atoms with E-state index in [1.165, 1.54) is 22.9 Å². The number of nitrogens with one attached hydrogen (secondary N) is 2. The van der Waals surface area contributed by atoms with Gasteiger partial charge >= 0.3 is 0 Å². The van der Waals surface area contributed by atoms with Gasteiger partial charge in [-0.2, -0.15) is 10.1 Å². The Kier molecular flexibility index (Phi) is 6.58. The lowest BCUT2D eigenvalue weighted by Gasteiger charge is -2.11. The molecular formula is C19H20F3N7O2. The number of benzene rings is 1. The van der Waals surface area contributed by atoms with E-state index in [2.05, 4.69) is 25.7 Å². The predicted octanol–water partition coefficient (Wildman–Crippen LogP) is 2.54. The number of methoxy groups -OCH3 is 1. The molecular weight excluding hydrogens is 415 g/mol. The number of hydrogen-bond donors (Lipinski definition) is 2. The minimum atomic E-state index is -0.887. The van der Waals surface area contributed by atoms with Crippen LogP contribution >= 0.6 is 0 Å². The smallest absolute Gasteiger partial charge is 0.243 e. The van der Waals surface area contributed by atoms with Gasteiger partial charge in [0, 0.05) is 32.4 Å². The third kappa shape index (κ3) is 5.21. The van der Waals surface area contributed by atoms with Crippen molar-refractivity contribution in [1.29, 1.82) is 0 Å². The SMILES string of the molecule is COc1ccc(F)c(CNc2nc(Nc3cnn(CC(=O)N(C)C)c3)ncc2F)c1F. The van der Waals surface area contributed by atoms with Gasteiger partial charge in [-0.25, -0.2) is 18.2 Å². The van der Waals surface area contributed by atoms with Gasteiger partial charge in [0.15, 0.2) is 23.2 Å². The van der Waals surface area contributed by atoms with Crippen molar-refractivity contribution >= 4 is 23.4 Å². The molecule has 2 heterocycles. The van der Waals surface area contributed by atoms with Gasteiger partial charge in [0.25, 0.3) is 0 Å². The molecule has 0 atom stereocenters. The lowest BCUT2D eigenvalue weighted by Crippen LogP contribution is -2.26. The van der Waals surface area contributed by atoms with Crippen molar-refractivity contribution in [2.45, 2.75) is 13.1 Å². The number of aromatic nitrogens is 4. The van der Waals surface area contributed by atoms with Gasteiger partial charge < -0.3 is 20.3 Å². The largest absolute Gasteiger partial charge is 0.494 e. The van der Waals surface area contributed by atoms with E-state index in [4.69, 9.17) is 4.74 Å². The lowest BCUT2D eigenvalue weighted by molar-refractivity contribution is -0.129. The standard InChI is InChI=1S/C19H20F3N7O2/c1-28(2)16(30)10-29-9-11(6-25-29)26-19-24-8-14(21)18(27-19)23-7-12-13(20)4-5-15(31-3)17(12)22/h4-6,8-9H,7,10H2,1-3H3,(H2,23,24,26,27). The number of halogens is 3. The average molecular weight is 435 g/mol. The molecule has 1 amide bonds. The number of amides is 1. The highest BCUT2D eigenvalue weighted by Gasteiger charge is 2.16. The third-order valence-electron chi connectivity index (χ3n) is 4.23. The van der Waals surface area contributed by atoms with Crippen LogP contribution in [0.1, 0.15) is 5.56 Å². The number of carbonyl (C=O) groups excluding carboxylic acids is 1. The van der Waals surface area contributed by atoms with Gasteiger partial charge in [-0.3, -0.25) is 9.48 Å². The molecule has 0 aliphatic rings. The van der Waals surface area contributed by atoms with Crippen LogP contribution in [0.5, 0.6) is 5.75 Å². The number of nitrogens with zero attached hydrogens (tertiary/aromatic N) is 5. The molecule has 0 unspecified atom stereocenters. The Bertz CT molecular complexity index is 1090. The second-order valence-electron chi connectivity index (χ2n) is 6.63. The molecule has 0 bridgehead atoms. The Labute approximate surface area is 175 Å². The molecule has 2 N–H and O–H groups in total. The molecule has 2 aromatic heterocycles. The van der Waals surface area contributed by atoms with Crippen molar-refractivity contribution in [2.75, 3.05) is 31.8 Å². The van der Waals surface area contributed by atoms with Crippen LogP contribution in [-0.4, -0.2) is 51.8 Å². The zero-order valence-corrected chi connectivity index (χ0v) is 17.0. The van der Waals surface area contributed by atoms with Gasteiger partial charge in [-0.05, 0) is 12.1 Å². The van der Waals surface area contributed by atoms with E-state index in [1.807, 2.05) is 0 Å². The quantitative estimate of drug-likeness (QED) is 0.561. The topological polar surface area (TPSA) is 97.2 Å². The molecule has 0 fully saturated rings. The number of carbonyl (C=O) groups is 1. The molecule has 1 aromatic carbocycles. The minimum Gasteiger partial charge on any atom is -0.494 e. The highest BCUT2D eigenvalue weighted by Crippen LogP contribution is 2.24. The molecule has 31 heavy (non-hydrogen) atoms. The molecule has 3 aromatic rings. The van der Waals surface area contributed by atoms with Crippen molar-refractivity contribution in [3.05, 3.63) is 53.7 Å². The summed E-state index contributed by atoms with van der Waals surface area (Å²) in [5.41, 5.74) is 0.146. The maximum Gasteiger partial charge on any atom is 0.243 e. The Hall–Kier alpha value is -3.83. The van der Waals surface area contributed by atoms with E-state index in [0.29, 0.717) is 5.69 Å². The summed E-state index contributed by atoms with van der Waals surface area (Å²) in [6.45, 7) is -0.323. The fraction of sp³-hybridized carbons (Fsp3) is 0.263. The van der Waals surface area contributed by atoms with Crippen LogP contribution in [0.15, 0.2) is 30.7 Å². The summed E-state index contributed by atoms with van der Waals surface area (Å²) in [7, 11) is 4.53. The summed E-state index contributed by atoms with van der Waals surface area (Å²) in [5, 5.41) is 9.44. The summed E-state index contributed by atoms with van der Waals surface area (Å²) in [4.78, 5) is 21.0. The number of rotatable bonds is 8. The van der Waals surface area contributed by atoms with E-state index in [-0.39, 0.29) is 42.1 Å². The molecule has 164 valence electrons. The van der Waals surface area contributed by atoms with Gasteiger partial charge in [-0.15, -0.1) is 0 Å². The number of likely N-dealkylation sites (N-methyl/N-ethyl adjacent to an activating group) is 1. The normalized spacial score (nSPS) is 10.6. The van der Waals surface area contributed by atoms with Crippen LogP contribution in [0.3, 0.4) is 0 Å². The molecule has 0 radical (unpaired) electrons. The molecule has 0 aliphatic carbocycles. The fourth-order valence-corrected chi connectivity index (χ4v) is 2.54.